The summed E-state index contributed by atoms with van der Waals surface area (Å²) in [6, 6.07) is 0. The summed E-state index contributed by atoms with van der Waals surface area (Å²) >= 11 is 0. The van der Waals surface area contributed by atoms with Gasteiger partial charge < -0.3 is 34.0 Å². The van der Waals surface area contributed by atoms with Crippen LogP contribution in [0.3, 0.4) is 0 Å². The van der Waals surface area contributed by atoms with E-state index in [1.54, 1.807) is 0 Å². The highest BCUT2D eigenvalue weighted by atomic mass is 16.5. The normalized spacial score (nSPS) is 15.8. The summed E-state index contributed by atoms with van der Waals surface area (Å²) in [7, 11) is 2.26. The second-order valence-corrected chi connectivity index (χ2v) is 21.6. The third-order valence-corrected chi connectivity index (χ3v) is 14.0. The molecular weight excluding hydrogens is 807 g/mol. The monoisotopic (exact) mass is 927 g/mol. The Kier molecular flexibility index (Phi) is 48.5. The van der Waals surface area contributed by atoms with E-state index in [1.807, 2.05) is 0 Å². The molecule has 392 valence electrons. The Morgan fingerprint density at radius 1 is 0.292 bits per heavy atom. The van der Waals surface area contributed by atoms with Gasteiger partial charge in [0.1, 0.15) is 37.9 Å². The van der Waals surface area contributed by atoms with Gasteiger partial charge in [-0.3, -0.25) is 0 Å². The fourth-order valence-electron chi connectivity index (χ4n) is 9.98. The van der Waals surface area contributed by atoms with Gasteiger partial charge in [-0.25, -0.2) is 0 Å². The summed E-state index contributed by atoms with van der Waals surface area (Å²) in [5.41, 5.74) is 0. The number of aliphatic hydroxyl groups is 3. The Bertz CT molecular complexity index is 811. The van der Waals surface area contributed by atoms with E-state index in [1.165, 1.54) is 212 Å². The van der Waals surface area contributed by atoms with Crippen molar-refractivity contribution in [2.24, 2.45) is 0 Å². The average molecular weight is 928 g/mol. The molecule has 6 atom stereocenters. The number of rotatable bonds is 54. The molecule has 0 aromatic rings. The van der Waals surface area contributed by atoms with Crippen LogP contribution in [0, 0.1) is 0 Å². The maximum atomic E-state index is 10.8. The molecule has 65 heavy (non-hydrogen) atoms. The highest BCUT2D eigenvalue weighted by Crippen LogP contribution is 2.19. The predicted molar refractivity (Wildman–Crippen MR) is 282 cm³/mol. The van der Waals surface area contributed by atoms with Crippen LogP contribution in [-0.2, 0) is 14.2 Å². The first-order valence-electron chi connectivity index (χ1n) is 29.3. The number of nitrogens with zero attached hydrogens (tertiary/aromatic N) is 1. The maximum absolute atomic E-state index is 10.8. The third kappa shape index (κ3) is 47.2. The van der Waals surface area contributed by atoms with Gasteiger partial charge in [0.2, 0.25) is 0 Å². The SMILES string of the molecule is CCCCCCCCCCCCCCC(O)COC(C)C[N+](C)(CC(C)OCC(O)CCCCCCCCCCCCCC)CC(C)OCC(O)CCCCCCCCCCCCCC. The lowest BCUT2D eigenvalue weighted by atomic mass is 10.0. The van der Waals surface area contributed by atoms with E-state index in [9.17, 15) is 15.3 Å². The van der Waals surface area contributed by atoms with Crippen LogP contribution in [0.5, 0.6) is 0 Å². The van der Waals surface area contributed by atoms with Crippen LogP contribution < -0.4 is 0 Å². The Hall–Kier alpha value is -0.280. The zero-order valence-electron chi connectivity index (χ0n) is 45.3. The van der Waals surface area contributed by atoms with Gasteiger partial charge in [-0.2, -0.15) is 0 Å². The fraction of sp³-hybridized carbons (Fsp3) is 1.00. The van der Waals surface area contributed by atoms with Crippen LogP contribution in [0.1, 0.15) is 292 Å². The highest BCUT2D eigenvalue weighted by molar-refractivity contribution is 4.64. The topological polar surface area (TPSA) is 88.4 Å². The van der Waals surface area contributed by atoms with E-state index in [0.717, 1.165) is 58.2 Å². The molecule has 0 heterocycles. The summed E-state index contributed by atoms with van der Waals surface area (Å²) in [6.45, 7) is 16.6. The highest BCUT2D eigenvalue weighted by Gasteiger charge is 2.31. The first-order chi connectivity index (χ1) is 31.5. The lowest BCUT2D eigenvalue weighted by Gasteiger charge is -2.40. The van der Waals surface area contributed by atoms with Crippen LogP contribution in [0.2, 0.25) is 0 Å². The zero-order valence-corrected chi connectivity index (χ0v) is 45.3. The number of hydrogen-bond donors (Lipinski definition) is 3. The molecule has 3 N–H and O–H groups in total. The van der Waals surface area contributed by atoms with Crippen molar-refractivity contribution in [3.63, 3.8) is 0 Å². The lowest BCUT2D eigenvalue weighted by Crippen LogP contribution is -2.56. The Balaban J connectivity index is 4.73. The standard InChI is InChI=1S/C58H120NO6/c1-8-11-14-17-20-23-26-29-32-35-38-41-44-56(60)50-63-53(4)47-59(7,48-54(5)64-51-57(61)45-42-39-36-33-30-27-24-21-18-15-12-9-2)49-55(6)65-52-58(62)46-43-40-37-34-31-28-25-22-19-16-13-10-3/h53-58,60-62H,8-52H2,1-7H3/q+1. The van der Waals surface area contributed by atoms with E-state index in [-0.39, 0.29) is 18.3 Å². The molecule has 0 saturated carbocycles. The minimum absolute atomic E-state index is 0.0382. The first kappa shape index (κ1) is 64.7. The molecule has 0 rings (SSSR count). The van der Waals surface area contributed by atoms with Crippen LogP contribution in [0.15, 0.2) is 0 Å². The molecule has 0 aromatic heterocycles. The second-order valence-electron chi connectivity index (χ2n) is 21.6. The van der Waals surface area contributed by atoms with Gasteiger partial charge in [-0.05, 0) is 40.0 Å². The van der Waals surface area contributed by atoms with Crippen molar-refractivity contribution in [1.29, 1.82) is 0 Å². The molecule has 0 aliphatic rings. The quantitative estimate of drug-likeness (QED) is 0.0416. The van der Waals surface area contributed by atoms with E-state index in [2.05, 4.69) is 48.6 Å². The van der Waals surface area contributed by atoms with Gasteiger partial charge in [0, 0.05) is 0 Å². The number of likely N-dealkylation sites (N-methyl/N-ethyl adjacent to an activating group) is 1. The minimum Gasteiger partial charge on any atom is -0.391 e. The van der Waals surface area contributed by atoms with Crippen LogP contribution in [0.25, 0.3) is 0 Å². The summed E-state index contributed by atoms with van der Waals surface area (Å²) in [6.07, 6.45) is 48.6. The molecule has 6 unspecified atom stereocenters. The van der Waals surface area contributed by atoms with Gasteiger partial charge in [-0.1, -0.05) is 252 Å². The van der Waals surface area contributed by atoms with Gasteiger partial charge >= 0.3 is 0 Å². The van der Waals surface area contributed by atoms with Crippen molar-refractivity contribution < 1.29 is 34.0 Å². The molecule has 7 heteroatoms. The molecule has 0 aliphatic heterocycles. The average Bonchev–Trinajstić information content (AvgIpc) is 3.27. The number of aliphatic hydroxyl groups excluding tert-OH is 3. The Morgan fingerprint density at radius 2 is 0.462 bits per heavy atom. The number of hydrogen-bond acceptors (Lipinski definition) is 6. The molecular formula is C58H120NO6+. The van der Waals surface area contributed by atoms with Gasteiger partial charge in [-0.15, -0.1) is 0 Å². The first-order valence-corrected chi connectivity index (χ1v) is 29.3. The number of ether oxygens (including phenoxy) is 3. The number of unbranched alkanes of at least 4 members (excludes halogenated alkanes) is 33. The maximum Gasteiger partial charge on any atom is 0.105 e. The van der Waals surface area contributed by atoms with Crippen LogP contribution in [-0.4, -0.2) is 103 Å². The van der Waals surface area contributed by atoms with Crippen molar-refractivity contribution in [2.45, 2.75) is 329 Å². The van der Waals surface area contributed by atoms with E-state index in [4.69, 9.17) is 14.2 Å². The van der Waals surface area contributed by atoms with Crippen molar-refractivity contribution >= 4 is 0 Å². The summed E-state index contributed by atoms with van der Waals surface area (Å²) < 4.78 is 19.6. The molecule has 0 spiro atoms. The molecule has 0 aromatic carbocycles. The van der Waals surface area contributed by atoms with Crippen LogP contribution >= 0.6 is 0 Å². The molecule has 7 nitrogen and oxygen atoms in total. The lowest BCUT2D eigenvalue weighted by molar-refractivity contribution is -0.917. The van der Waals surface area contributed by atoms with E-state index >= 15 is 0 Å². The van der Waals surface area contributed by atoms with E-state index in [0.29, 0.717) is 24.3 Å². The predicted octanol–water partition coefficient (Wildman–Crippen LogP) is 16.0. The molecule has 0 fully saturated rings. The van der Waals surface area contributed by atoms with Crippen molar-refractivity contribution in [1.82, 2.24) is 0 Å². The van der Waals surface area contributed by atoms with Crippen LogP contribution in [0.4, 0.5) is 0 Å². The Morgan fingerprint density at radius 3 is 0.646 bits per heavy atom. The van der Waals surface area contributed by atoms with Crippen molar-refractivity contribution in [3.05, 3.63) is 0 Å². The van der Waals surface area contributed by atoms with Crippen molar-refractivity contribution in [3.8, 4) is 0 Å². The molecule has 0 amide bonds. The van der Waals surface area contributed by atoms with Gasteiger partial charge in [0.15, 0.2) is 0 Å². The second kappa shape index (κ2) is 48.7. The molecule has 0 saturated heterocycles. The fourth-order valence-corrected chi connectivity index (χ4v) is 9.98. The summed E-state index contributed by atoms with van der Waals surface area (Å²) in [5, 5.41) is 32.4. The van der Waals surface area contributed by atoms with Gasteiger partial charge in [0.05, 0.1) is 45.2 Å². The summed E-state index contributed by atoms with van der Waals surface area (Å²) in [5.74, 6) is 0. The summed E-state index contributed by atoms with van der Waals surface area (Å²) in [4.78, 5) is 0. The third-order valence-electron chi connectivity index (χ3n) is 14.0. The Labute approximate surface area is 407 Å². The van der Waals surface area contributed by atoms with Crippen molar-refractivity contribution in [2.75, 3.05) is 46.5 Å². The smallest absolute Gasteiger partial charge is 0.105 e. The molecule has 0 radical (unpaired) electrons. The molecule has 0 aliphatic carbocycles. The minimum atomic E-state index is -0.429. The van der Waals surface area contributed by atoms with E-state index < -0.39 is 18.3 Å². The zero-order chi connectivity index (χ0) is 47.9. The number of quaternary nitrogens is 1. The largest absolute Gasteiger partial charge is 0.391 e. The van der Waals surface area contributed by atoms with Gasteiger partial charge in [0.25, 0.3) is 0 Å². The molecule has 0 bridgehead atoms.